The number of aromatic nitrogens is 3. The van der Waals surface area contributed by atoms with Gasteiger partial charge in [0.1, 0.15) is 23.5 Å². The summed E-state index contributed by atoms with van der Waals surface area (Å²) in [5, 5.41) is 15.4. The highest BCUT2D eigenvalue weighted by Crippen LogP contribution is 2.22. The molecule has 2 heterocycles. The fourth-order valence-electron chi connectivity index (χ4n) is 3.92. The Hall–Kier alpha value is -4.88. The summed E-state index contributed by atoms with van der Waals surface area (Å²) < 4.78 is 13.3. The average Bonchev–Trinajstić information content (AvgIpc) is 2.93. The summed E-state index contributed by atoms with van der Waals surface area (Å²) in [5.74, 6) is 0.0117. The van der Waals surface area contributed by atoms with Crippen LogP contribution < -0.4 is 16.4 Å². The molecule has 4 aromatic rings. The molecule has 10 heteroatoms. The number of anilines is 2. The second-order valence-corrected chi connectivity index (χ2v) is 9.35. The molecule has 0 saturated heterocycles. The van der Waals surface area contributed by atoms with Crippen LogP contribution in [0.3, 0.4) is 0 Å². The third-order valence-electron chi connectivity index (χ3n) is 6.03. The molecule has 39 heavy (non-hydrogen) atoms. The van der Waals surface area contributed by atoms with Gasteiger partial charge in [-0.05, 0) is 50.3 Å². The lowest BCUT2D eigenvalue weighted by Crippen LogP contribution is -2.28. The van der Waals surface area contributed by atoms with Crippen LogP contribution in [0.1, 0.15) is 45.7 Å². The number of carbonyl (C=O) groups is 1. The molecule has 0 radical (unpaired) electrons. The molecule has 0 bridgehead atoms. The van der Waals surface area contributed by atoms with Crippen LogP contribution in [0.5, 0.6) is 0 Å². The van der Waals surface area contributed by atoms with Crippen LogP contribution in [0.4, 0.5) is 16.0 Å². The Bertz CT molecular complexity index is 1500. The van der Waals surface area contributed by atoms with E-state index in [1.165, 1.54) is 24.4 Å². The number of nitriles is 1. The van der Waals surface area contributed by atoms with Crippen molar-refractivity contribution in [3.8, 4) is 17.3 Å². The Morgan fingerprint density at radius 3 is 2.49 bits per heavy atom. The third-order valence-corrected chi connectivity index (χ3v) is 6.03. The first-order valence-corrected chi connectivity index (χ1v) is 12.3. The number of amides is 1. The van der Waals surface area contributed by atoms with E-state index in [1.807, 2.05) is 49.3 Å². The molecule has 2 aromatic carbocycles. The van der Waals surface area contributed by atoms with Gasteiger partial charge in [-0.3, -0.25) is 4.79 Å². The van der Waals surface area contributed by atoms with E-state index in [1.54, 1.807) is 25.3 Å². The predicted molar refractivity (Wildman–Crippen MR) is 148 cm³/mol. The second kappa shape index (κ2) is 12.1. The SMILES string of the molecule is C[C@H](NC(=O)c1cc(C#N)cnc1NCc1ccc(-c2cnc(N)c(CN(C)C)n2)cc1)c1ccc(F)cc1. The molecule has 4 rings (SSSR count). The maximum Gasteiger partial charge on any atom is 0.255 e. The lowest BCUT2D eigenvalue weighted by molar-refractivity contribution is 0.0940. The molecule has 2 aromatic heterocycles. The number of nitrogens with one attached hydrogen (secondary N) is 2. The Balaban J connectivity index is 1.47. The monoisotopic (exact) mass is 524 g/mol. The normalized spacial score (nSPS) is 11.6. The van der Waals surface area contributed by atoms with Crippen molar-refractivity contribution in [1.82, 2.24) is 25.2 Å². The summed E-state index contributed by atoms with van der Waals surface area (Å²) in [5.41, 5.74) is 10.5. The summed E-state index contributed by atoms with van der Waals surface area (Å²) in [6.07, 6.45) is 3.07. The van der Waals surface area contributed by atoms with Crippen molar-refractivity contribution in [1.29, 1.82) is 5.26 Å². The molecule has 0 aliphatic rings. The minimum atomic E-state index is -0.398. The molecule has 0 aliphatic carbocycles. The first kappa shape index (κ1) is 27.2. The molecular weight excluding hydrogens is 495 g/mol. The number of benzene rings is 2. The zero-order valence-electron chi connectivity index (χ0n) is 21.9. The first-order chi connectivity index (χ1) is 18.7. The summed E-state index contributed by atoms with van der Waals surface area (Å²) in [6, 6.07) is 16.9. The molecule has 1 amide bonds. The molecule has 0 saturated carbocycles. The van der Waals surface area contributed by atoms with Crippen LogP contribution in [0.2, 0.25) is 0 Å². The smallest absolute Gasteiger partial charge is 0.255 e. The quantitative estimate of drug-likeness (QED) is 0.295. The van der Waals surface area contributed by atoms with Crippen LogP contribution in [0, 0.1) is 17.1 Å². The number of hydrogen-bond donors (Lipinski definition) is 3. The third kappa shape index (κ3) is 6.91. The van der Waals surface area contributed by atoms with Gasteiger partial charge in [0.15, 0.2) is 0 Å². The van der Waals surface area contributed by atoms with Crippen LogP contribution in [0.25, 0.3) is 11.3 Å². The van der Waals surface area contributed by atoms with Crippen molar-refractivity contribution in [2.24, 2.45) is 0 Å². The number of carbonyl (C=O) groups excluding carboxylic acids is 1. The van der Waals surface area contributed by atoms with Gasteiger partial charge in [0.05, 0.1) is 34.8 Å². The number of halogens is 1. The molecule has 0 unspecified atom stereocenters. The zero-order chi connectivity index (χ0) is 27.9. The maximum absolute atomic E-state index is 13.3. The Morgan fingerprint density at radius 2 is 1.82 bits per heavy atom. The van der Waals surface area contributed by atoms with E-state index < -0.39 is 5.91 Å². The van der Waals surface area contributed by atoms with Crippen LogP contribution >= 0.6 is 0 Å². The summed E-state index contributed by atoms with van der Waals surface area (Å²) >= 11 is 0. The standard InChI is InChI=1S/C29H29FN8O/c1-18(21-8-10-23(30)11-9-21)36-29(39)24-12-20(13-31)15-35-28(24)34-14-19-4-6-22(7-5-19)25-16-33-27(32)26(37-25)17-38(2)3/h4-12,15-16,18H,14,17H2,1-3H3,(H2,32,33)(H,34,35)(H,36,39)/t18-/m0/s1. The van der Waals surface area contributed by atoms with E-state index >= 15 is 0 Å². The summed E-state index contributed by atoms with van der Waals surface area (Å²) in [4.78, 5) is 28.3. The van der Waals surface area contributed by atoms with Gasteiger partial charge in [-0.15, -0.1) is 0 Å². The molecule has 0 fully saturated rings. The topological polar surface area (TPSA) is 133 Å². The Kier molecular flexibility index (Phi) is 8.43. The molecular formula is C29H29FN8O. The van der Waals surface area contributed by atoms with Crippen molar-refractivity contribution in [3.63, 3.8) is 0 Å². The highest BCUT2D eigenvalue weighted by atomic mass is 19.1. The fraction of sp³-hybridized carbons (Fsp3) is 0.207. The molecule has 198 valence electrons. The van der Waals surface area contributed by atoms with Crippen molar-refractivity contribution < 1.29 is 9.18 Å². The van der Waals surface area contributed by atoms with Crippen molar-refractivity contribution in [2.75, 3.05) is 25.1 Å². The first-order valence-electron chi connectivity index (χ1n) is 12.3. The van der Waals surface area contributed by atoms with Gasteiger partial charge >= 0.3 is 0 Å². The van der Waals surface area contributed by atoms with E-state index in [0.717, 1.165) is 28.1 Å². The number of pyridine rings is 1. The van der Waals surface area contributed by atoms with Gasteiger partial charge in [-0.2, -0.15) is 5.26 Å². The van der Waals surface area contributed by atoms with E-state index in [-0.39, 0.29) is 23.0 Å². The lowest BCUT2D eigenvalue weighted by Gasteiger charge is -2.16. The number of rotatable bonds is 9. The molecule has 9 nitrogen and oxygen atoms in total. The minimum Gasteiger partial charge on any atom is -0.382 e. The van der Waals surface area contributed by atoms with Gasteiger partial charge in [-0.1, -0.05) is 36.4 Å². The number of nitrogen functional groups attached to an aromatic ring is 1. The minimum absolute atomic E-state index is 0.241. The summed E-state index contributed by atoms with van der Waals surface area (Å²) in [6.45, 7) is 2.79. The van der Waals surface area contributed by atoms with E-state index in [4.69, 9.17) is 5.73 Å². The van der Waals surface area contributed by atoms with Crippen molar-refractivity contribution in [2.45, 2.75) is 26.1 Å². The van der Waals surface area contributed by atoms with E-state index in [2.05, 4.69) is 25.6 Å². The Morgan fingerprint density at radius 1 is 1.10 bits per heavy atom. The fourth-order valence-corrected chi connectivity index (χ4v) is 3.92. The Labute approximate surface area is 226 Å². The second-order valence-electron chi connectivity index (χ2n) is 9.35. The molecule has 0 aliphatic heterocycles. The molecule has 0 spiro atoms. The van der Waals surface area contributed by atoms with Gasteiger partial charge in [0.25, 0.3) is 5.91 Å². The van der Waals surface area contributed by atoms with Gasteiger partial charge in [0, 0.05) is 24.8 Å². The number of nitrogens with zero attached hydrogens (tertiary/aromatic N) is 5. The average molecular weight is 525 g/mol. The number of nitrogens with two attached hydrogens (primary N) is 1. The zero-order valence-corrected chi connectivity index (χ0v) is 21.9. The van der Waals surface area contributed by atoms with E-state index in [0.29, 0.717) is 24.7 Å². The van der Waals surface area contributed by atoms with Crippen LogP contribution in [-0.2, 0) is 13.1 Å². The van der Waals surface area contributed by atoms with Crippen LogP contribution in [-0.4, -0.2) is 39.9 Å². The highest BCUT2D eigenvalue weighted by molar-refractivity contribution is 5.99. The summed E-state index contributed by atoms with van der Waals surface area (Å²) in [7, 11) is 3.89. The van der Waals surface area contributed by atoms with Crippen molar-refractivity contribution >= 4 is 17.5 Å². The molecule has 1 atom stereocenters. The maximum atomic E-state index is 13.3. The van der Waals surface area contributed by atoms with Gasteiger partial charge in [-0.25, -0.2) is 19.3 Å². The van der Waals surface area contributed by atoms with Gasteiger partial charge < -0.3 is 21.3 Å². The van der Waals surface area contributed by atoms with Crippen LogP contribution in [0.15, 0.2) is 67.0 Å². The largest absolute Gasteiger partial charge is 0.382 e. The van der Waals surface area contributed by atoms with E-state index in [9.17, 15) is 14.4 Å². The van der Waals surface area contributed by atoms with Crippen molar-refractivity contribution in [3.05, 3.63) is 101 Å². The molecule has 4 N–H and O–H groups in total. The highest BCUT2D eigenvalue weighted by Gasteiger charge is 2.17. The lowest BCUT2D eigenvalue weighted by atomic mass is 10.1. The predicted octanol–water partition coefficient (Wildman–Crippen LogP) is 4.30. The number of hydrogen-bond acceptors (Lipinski definition) is 8. The van der Waals surface area contributed by atoms with Gasteiger partial charge in [0.2, 0.25) is 0 Å².